The van der Waals surface area contributed by atoms with Crippen LogP contribution in [0.3, 0.4) is 0 Å². The van der Waals surface area contributed by atoms with Crippen LogP contribution in [0.4, 0.5) is 19.1 Å². The molecule has 224 valence electrons. The minimum Gasteiger partial charge on any atom is -0.438 e. The Morgan fingerprint density at radius 2 is 1.83 bits per heavy atom. The van der Waals surface area contributed by atoms with E-state index in [0.717, 1.165) is 49.0 Å². The summed E-state index contributed by atoms with van der Waals surface area (Å²) in [5.74, 6) is 0.262. The van der Waals surface area contributed by atoms with Gasteiger partial charge in [-0.1, -0.05) is 50.2 Å². The molecule has 4 rings (SSSR count). The molecule has 2 aromatic carbocycles. The van der Waals surface area contributed by atoms with Crippen molar-refractivity contribution in [1.82, 2.24) is 14.9 Å². The Morgan fingerprint density at radius 3 is 2.45 bits per heavy atom. The lowest BCUT2D eigenvalue weighted by molar-refractivity contribution is -0.138. The van der Waals surface area contributed by atoms with Crippen molar-refractivity contribution < 1.29 is 17.9 Å². The first-order chi connectivity index (χ1) is 20.1. The first-order valence-corrected chi connectivity index (χ1v) is 14.7. The number of ether oxygens (including phenoxy) is 1. The van der Waals surface area contributed by atoms with Crippen molar-refractivity contribution in [3.05, 3.63) is 76.3 Å². The fourth-order valence-corrected chi connectivity index (χ4v) is 5.50. The number of alkyl halides is 3. The molecule has 0 unspecified atom stereocenters. The molecule has 1 fully saturated rings. The molecule has 2 heterocycles. The molecule has 1 saturated heterocycles. The first kappa shape index (κ1) is 31.4. The van der Waals surface area contributed by atoms with Crippen molar-refractivity contribution in [2.75, 3.05) is 31.9 Å². The van der Waals surface area contributed by atoms with Gasteiger partial charge in [0.2, 0.25) is 11.8 Å². The first-order valence-electron chi connectivity index (χ1n) is 13.9. The van der Waals surface area contributed by atoms with Crippen molar-refractivity contribution in [2.45, 2.75) is 45.2 Å². The number of halogens is 3. The Balaban J connectivity index is 1.78. The number of hydrogen-bond acceptors (Lipinski definition) is 8. The van der Waals surface area contributed by atoms with Crippen LogP contribution >= 0.6 is 11.9 Å². The van der Waals surface area contributed by atoms with Crippen LogP contribution in [0.25, 0.3) is 11.3 Å². The van der Waals surface area contributed by atoms with Gasteiger partial charge in [-0.05, 0) is 86.4 Å². The van der Waals surface area contributed by atoms with Gasteiger partial charge >= 0.3 is 6.18 Å². The van der Waals surface area contributed by atoms with Crippen LogP contribution in [0.15, 0.2) is 64.6 Å². The highest BCUT2D eigenvalue weighted by Gasteiger charge is 2.41. The number of hydrogen-bond donors (Lipinski definition) is 2. The Morgan fingerprint density at radius 1 is 1.14 bits per heavy atom. The van der Waals surface area contributed by atoms with E-state index in [1.807, 2.05) is 38.1 Å². The fraction of sp³-hybridized carbons (Fsp3) is 0.387. The molecule has 11 heteroatoms. The summed E-state index contributed by atoms with van der Waals surface area (Å²) in [6.45, 7) is 6.06. The molecule has 1 aromatic heterocycles. The van der Waals surface area contributed by atoms with Crippen molar-refractivity contribution in [2.24, 2.45) is 16.6 Å². The van der Waals surface area contributed by atoms with Crippen molar-refractivity contribution in [3.63, 3.8) is 0 Å². The summed E-state index contributed by atoms with van der Waals surface area (Å²) in [4.78, 5) is 15.3. The summed E-state index contributed by atoms with van der Waals surface area (Å²) in [7, 11) is 3.70. The average molecular weight is 599 g/mol. The number of likely N-dealkylation sites (tertiary alicyclic amines) is 1. The molecule has 0 atom stereocenters. The zero-order valence-corrected chi connectivity index (χ0v) is 25.1. The third-order valence-corrected chi connectivity index (χ3v) is 7.79. The van der Waals surface area contributed by atoms with Crippen LogP contribution in [0.5, 0.6) is 11.6 Å². The third kappa shape index (κ3) is 8.04. The molecular formula is C31H37F3N6OS. The third-order valence-electron chi connectivity index (χ3n) is 7.03. The van der Waals surface area contributed by atoms with Crippen LogP contribution in [0, 0.1) is 5.92 Å². The minimum atomic E-state index is -4.79. The lowest BCUT2D eigenvalue weighted by atomic mass is 9.90. The zero-order valence-electron chi connectivity index (χ0n) is 24.3. The van der Waals surface area contributed by atoms with E-state index in [1.54, 1.807) is 31.3 Å². The molecule has 3 aromatic rings. The van der Waals surface area contributed by atoms with Gasteiger partial charge in [0, 0.05) is 25.0 Å². The van der Waals surface area contributed by atoms with Crippen LogP contribution in [-0.4, -0.2) is 48.3 Å². The maximum atomic E-state index is 14.8. The van der Waals surface area contributed by atoms with E-state index in [9.17, 15) is 13.2 Å². The van der Waals surface area contributed by atoms with Gasteiger partial charge in [0.1, 0.15) is 11.3 Å². The Hall–Kier alpha value is -3.57. The van der Waals surface area contributed by atoms with Gasteiger partial charge in [0.15, 0.2) is 0 Å². The topological polar surface area (TPSA) is 88.7 Å². The number of aliphatic imine (C=N–C) groups is 1. The standard InChI is InChI=1S/C31H37F3N6OS/c1-20(2)17-23-7-5-6-8-26(23)28-27(31(32,33)34)29(38-30(37-28)39-42-25(18-35)19-36-3)41-24-11-9-21(10-12-24)22-13-15-40(4)16-14-22/h5-12,18-20,22H,13-17,35H2,1-4H3,(H,37,38,39)/b25-18+,36-19?. The van der Waals surface area contributed by atoms with Gasteiger partial charge in [-0.2, -0.15) is 18.2 Å². The monoisotopic (exact) mass is 598 g/mol. The summed E-state index contributed by atoms with van der Waals surface area (Å²) in [5, 5.41) is 0. The van der Waals surface area contributed by atoms with E-state index >= 15 is 0 Å². The number of nitrogens with two attached hydrogens (primary N) is 1. The van der Waals surface area contributed by atoms with Gasteiger partial charge < -0.3 is 15.4 Å². The van der Waals surface area contributed by atoms with E-state index in [1.165, 1.54) is 12.4 Å². The summed E-state index contributed by atoms with van der Waals surface area (Å²) in [6, 6.07) is 14.3. The van der Waals surface area contributed by atoms with Crippen LogP contribution in [0.1, 0.15) is 49.3 Å². The molecule has 42 heavy (non-hydrogen) atoms. The molecule has 0 amide bonds. The summed E-state index contributed by atoms with van der Waals surface area (Å²) >= 11 is 1.04. The van der Waals surface area contributed by atoms with Crippen LogP contribution in [-0.2, 0) is 12.6 Å². The SMILES string of the molecule is CN=C/C(=C\N)SNc1nc(Oc2ccc(C3CCN(C)CC3)cc2)c(C(F)(F)F)c(-c2ccccc2CC(C)C)n1. The molecule has 0 radical (unpaired) electrons. The van der Waals surface area contributed by atoms with Gasteiger partial charge in [-0.3, -0.25) is 9.71 Å². The maximum Gasteiger partial charge on any atom is 0.423 e. The smallest absolute Gasteiger partial charge is 0.423 e. The number of allylic oxidation sites excluding steroid dienone is 1. The van der Waals surface area contributed by atoms with Crippen molar-refractivity contribution in [3.8, 4) is 22.9 Å². The van der Waals surface area contributed by atoms with Crippen molar-refractivity contribution in [1.29, 1.82) is 0 Å². The highest BCUT2D eigenvalue weighted by Crippen LogP contribution is 2.44. The minimum absolute atomic E-state index is 0.0517. The number of benzene rings is 2. The number of piperidine rings is 1. The molecule has 0 aliphatic carbocycles. The van der Waals surface area contributed by atoms with Crippen molar-refractivity contribution >= 4 is 24.1 Å². The number of nitrogens with zero attached hydrogens (tertiary/aromatic N) is 4. The molecule has 1 aliphatic rings. The Bertz CT molecular complexity index is 1400. The lowest BCUT2D eigenvalue weighted by Gasteiger charge is -2.29. The summed E-state index contributed by atoms with van der Waals surface area (Å²) < 4.78 is 53.2. The van der Waals surface area contributed by atoms with E-state index in [2.05, 4.69) is 31.6 Å². The highest BCUT2D eigenvalue weighted by atomic mass is 32.2. The quantitative estimate of drug-likeness (QED) is 0.184. The predicted octanol–water partition coefficient (Wildman–Crippen LogP) is 7.52. The second kappa shape index (κ2) is 14.1. The van der Waals surface area contributed by atoms with E-state index < -0.39 is 17.6 Å². The number of anilines is 1. The summed E-state index contributed by atoms with van der Waals surface area (Å²) in [6.07, 6.45) is 0.716. The van der Waals surface area contributed by atoms with E-state index in [4.69, 9.17) is 10.5 Å². The maximum absolute atomic E-state index is 14.8. The molecule has 0 spiro atoms. The molecule has 1 aliphatic heterocycles. The van der Waals surface area contributed by atoms with Gasteiger partial charge in [-0.15, -0.1) is 0 Å². The van der Waals surface area contributed by atoms with E-state index in [-0.39, 0.29) is 23.3 Å². The largest absolute Gasteiger partial charge is 0.438 e. The van der Waals surface area contributed by atoms with Gasteiger partial charge in [-0.25, -0.2) is 4.98 Å². The molecular weight excluding hydrogens is 561 g/mol. The molecule has 0 saturated carbocycles. The second-order valence-electron chi connectivity index (χ2n) is 10.7. The van der Waals surface area contributed by atoms with Gasteiger partial charge in [0.05, 0.1) is 10.6 Å². The fourth-order valence-electron chi connectivity index (χ4n) is 4.98. The number of nitrogens with one attached hydrogen (secondary N) is 1. The lowest BCUT2D eigenvalue weighted by Crippen LogP contribution is -2.29. The van der Waals surface area contributed by atoms with Crippen LogP contribution < -0.4 is 15.2 Å². The number of aromatic nitrogens is 2. The number of rotatable bonds is 10. The van der Waals surface area contributed by atoms with Gasteiger partial charge in [0.25, 0.3) is 0 Å². The second-order valence-corrected chi connectivity index (χ2v) is 11.6. The van der Waals surface area contributed by atoms with E-state index in [0.29, 0.717) is 22.8 Å². The Labute approximate surface area is 249 Å². The normalized spacial score (nSPS) is 15.5. The predicted molar refractivity (Wildman–Crippen MR) is 165 cm³/mol. The molecule has 0 bridgehead atoms. The molecule has 7 nitrogen and oxygen atoms in total. The Kier molecular flexibility index (Phi) is 10.5. The zero-order chi connectivity index (χ0) is 30.3. The van der Waals surface area contributed by atoms with Crippen LogP contribution in [0.2, 0.25) is 0 Å². The highest BCUT2D eigenvalue weighted by molar-refractivity contribution is 8.05. The average Bonchev–Trinajstić information content (AvgIpc) is 2.95. The molecule has 3 N–H and O–H groups in total. The summed E-state index contributed by atoms with van der Waals surface area (Å²) in [5.41, 5.74) is 6.66.